The molecule has 0 atom stereocenters. The van der Waals surface area contributed by atoms with Gasteiger partial charge in [-0.3, -0.25) is 9.98 Å². The molecule has 140 valence electrons. The molecule has 0 fully saturated rings. The summed E-state index contributed by atoms with van der Waals surface area (Å²) in [5, 5.41) is 0. The fourth-order valence-corrected chi connectivity index (χ4v) is 2.71. The fraction of sp³-hybridized carbons (Fsp3) is 0. The molecule has 0 amide bonds. The van der Waals surface area contributed by atoms with E-state index >= 15 is 0 Å². The van der Waals surface area contributed by atoms with E-state index in [1.54, 1.807) is 0 Å². The van der Waals surface area contributed by atoms with E-state index in [9.17, 15) is 0 Å². The van der Waals surface area contributed by atoms with Crippen molar-refractivity contribution in [2.75, 3.05) is 0 Å². The summed E-state index contributed by atoms with van der Waals surface area (Å²) in [4.78, 5) is 8.97. The van der Waals surface area contributed by atoms with Crippen LogP contribution in [0.15, 0.2) is 119 Å². The first-order valence-electron chi connectivity index (χ1n) is 9.41. The van der Waals surface area contributed by atoms with Gasteiger partial charge in [-0.25, -0.2) is 0 Å². The molecular weight excluding hydrogens is 356 g/mol. The second-order valence-electron chi connectivity index (χ2n) is 6.43. The number of aliphatic imine (C=N–C) groups is 2. The molecule has 0 unspecified atom stereocenters. The van der Waals surface area contributed by atoms with Crippen LogP contribution in [0.25, 0.3) is 0 Å². The molecule has 0 bridgehead atoms. The van der Waals surface area contributed by atoms with Crippen LogP contribution >= 0.6 is 0 Å². The van der Waals surface area contributed by atoms with Gasteiger partial charge in [0.15, 0.2) is 0 Å². The third-order valence-electron chi connectivity index (χ3n) is 4.23. The van der Waals surface area contributed by atoms with Gasteiger partial charge in [0.25, 0.3) is 0 Å². The van der Waals surface area contributed by atoms with E-state index in [-0.39, 0.29) is 0 Å². The molecule has 0 saturated heterocycles. The zero-order valence-electron chi connectivity index (χ0n) is 15.8. The molecule has 0 radical (unpaired) electrons. The van der Waals surface area contributed by atoms with Crippen LogP contribution < -0.4 is 4.74 Å². The number of rotatable bonds is 6. The Labute approximate surface area is 170 Å². The average molecular weight is 376 g/mol. The first-order valence-corrected chi connectivity index (χ1v) is 9.41. The molecule has 4 aromatic rings. The number of nitrogens with zero attached hydrogens (tertiary/aromatic N) is 2. The second-order valence-corrected chi connectivity index (χ2v) is 6.43. The van der Waals surface area contributed by atoms with Crippen LogP contribution in [-0.4, -0.2) is 12.4 Å². The van der Waals surface area contributed by atoms with Gasteiger partial charge in [0.1, 0.15) is 11.5 Å². The van der Waals surface area contributed by atoms with Crippen LogP contribution in [0.1, 0.15) is 11.1 Å². The van der Waals surface area contributed by atoms with E-state index < -0.39 is 0 Å². The Morgan fingerprint density at radius 3 is 1.21 bits per heavy atom. The summed E-state index contributed by atoms with van der Waals surface area (Å²) in [7, 11) is 0. The van der Waals surface area contributed by atoms with E-state index in [1.807, 2.05) is 122 Å². The molecule has 0 heterocycles. The summed E-state index contributed by atoms with van der Waals surface area (Å²) >= 11 is 0. The van der Waals surface area contributed by atoms with Crippen LogP contribution in [0, 0.1) is 0 Å². The second kappa shape index (κ2) is 9.29. The van der Waals surface area contributed by atoms with Crippen molar-refractivity contribution in [3.63, 3.8) is 0 Å². The molecule has 0 aliphatic heterocycles. The minimum Gasteiger partial charge on any atom is -0.457 e. The molecule has 29 heavy (non-hydrogen) atoms. The van der Waals surface area contributed by atoms with Crippen LogP contribution in [0.2, 0.25) is 0 Å². The molecule has 0 spiro atoms. The highest BCUT2D eigenvalue weighted by Crippen LogP contribution is 2.26. The van der Waals surface area contributed by atoms with Gasteiger partial charge in [-0.1, -0.05) is 60.7 Å². The predicted molar refractivity (Wildman–Crippen MR) is 120 cm³/mol. The third kappa shape index (κ3) is 5.50. The molecule has 0 aliphatic rings. The number of hydrogen-bond donors (Lipinski definition) is 0. The number of benzene rings is 4. The zero-order valence-corrected chi connectivity index (χ0v) is 15.8. The average Bonchev–Trinajstić information content (AvgIpc) is 2.80. The first-order chi connectivity index (χ1) is 14.3. The van der Waals surface area contributed by atoms with Gasteiger partial charge in [-0.2, -0.15) is 0 Å². The highest BCUT2D eigenvalue weighted by molar-refractivity contribution is 5.82. The maximum Gasteiger partial charge on any atom is 0.127 e. The first kappa shape index (κ1) is 18.4. The van der Waals surface area contributed by atoms with Gasteiger partial charge < -0.3 is 4.74 Å². The molecule has 0 N–H and O–H groups in total. The molecular formula is C26H20N2O. The molecule has 3 nitrogen and oxygen atoms in total. The standard InChI is InChI=1S/C26H20N2O/c1-3-7-21(8-4-1)19-27-23-11-15-25(16-12-23)29-26-17-13-24(14-18-26)28-20-22-9-5-2-6-10-22/h1-20H. The quantitative estimate of drug-likeness (QED) is 0.334. The molecule has 3 heteroatoms. The van der Waals surface area contributed by atoms with Crippen molar-refractivity contribution in [1.29, 1.82) is 0 Å². The summed E-state index contributed by atoms with van der Waals surface area (Å²) in [5.41, 5.74) is 3.91. The Morgan fingerprint density at radius 1 is 0.448 bits per heavy atom. The fourth-order valence-electron chi connectivity index (χ4n) is 2.71. The lowest BCUT2D eigenvalue weighted by atomic mass is 10.2. The highest BCUT2D eigenvalue weighted by Gasteiger charge is 1.98. The van der Waals surface area contributed by atoms with Crippen molar-refractivity contribution in [2.45, 2.75) is 0 Å². The SMILES string of the molecule is C(=Nc1ccc(Oc2ccc(N=Cc3ccccc3)cc2)cc1)c1ccccc1. The van der Waals surface area contributed by atoms with E-state index in [0.717, 1.165) is 34.0 Å². The molecule has 0 saturated carbocycles. The Hall–Kier alpha value is -3.98. The molecule has 4 aromatic carbocycles. The molecule has 0 aromatic heterocycles. The minimum absolute atomic E-state index is 0.768. The van der Waals surface area contributed by atoms with Crippen LogP contribution in [0.4, 0.5) is 11.4 Å². The summed E-state index contributed by atoms with van der Waals surface area (Å²) in [6.45, 7) is 0. The normalized spacial score (nSPS) is 11.2. The lowest BCUT2D eigenvalue weighted by Crippen LogP contribution is -1.83. The monoisotopic (exact) mass is 376 g/mol. The summed E-state index contributed by atoms with van der Waals surface area (Å²) in [6, 6.07) is 35.5. The Balaban J connectivity index is 1.36. The highest BCUT2D eigenvalue weighted by atomic mass is 16.5. The predicted octanol–water partition coefficient (Wildman–Crippen LogP) is 6.98. The largest absolute Gasteiger partial charge is 0.457 e. The van der Waals surface area contributed by atoms with E-state index in [2.05, 4.69) is 9.98 Å². The van der Waals surface area contributed by atoms with Gasteiger partial charge in [-0.15, -0.1) is 0 Å². The van der Waals surface area contributed by atoms with Crippen molar-refractivity contribution in [1.82, 2.24) is 0 Å². The van der Waals surface area contributed by atoms with Gasteiger partial charge in [-0.05, 0) is 59.7 Å². The van der Waals surface area contributed by atoms with Crippen molar-refractivity contribution in [3.05, 3.63) is 120 Å². The van der Waals surface area contributed by atoms with Crippen LogP contribution in [0.3, 0.4) is 0 Å². The van der Waals surface area contributed by atoms with Gasteiger partial charge in [0.2, 0.25) is 0 Å². The molecule has 0 aliphatic carbocycles. The van der Waals surface area contributed by atoms with Gasteiger partial charge in [0, 0.05) is 12.4 Å². The van der Waals surface area contributed by atoms with E-state index in [4.69, 9.17) is 4.74 Å². The number of ether oxygens (including phenoxy) is 1. The topological polar surface area (TPSA) is 34.0 Å². The summed E-state index contributed by atoms with van der Waals surface area (Å²) in [5.74, 6) is 1.54. The minimum atomic E-state index is 0.768. The van der Waals surface area contributed by atoms with Crippen molar-refractivity contribution >= 4 is 23.8 Å². The van der Waals surface area contributed by atoms with Crippen molar-refractivity contribution < 1.29 is 4.74 Å². The lowest BCUT2D eigenvalue weighted by molar-refractivity contribution is 0.483. The maximum atomic E-state index is 5.91. The smallest absolute Gasteiger partial charge is 0.127 e. The Morgan fingerprint density at radius 2 is 0.828 bits per heavy atom. The zero-order chi connectivity index (χ0) is 19.7. The van der Waals surface area contributed by atoms with Crippen LogP contribution in [0.5, 0.6) is 11.5 Å². The van der Waals surface area contributed by atoms with Gasteiger partial charge >= 0.3 is 0 Å². The van der Waals surface area contributed by atoms with Crippen molar-refractivity contribution in [3.8, 4) is 11.5 Å². The summed E-state index contributed by atoms with van der Waals surface area (Å²) in [6.07, 6.45) is 3.70. The summed E-state index contributed by atoms with van der Waals surface area (Å²) < 4.78 is 5.91. The van der Waals surface area contributed by atoms with Crippen molar-refractivity contribution in [2.24, 2.45) is 9.98 Å². The third-order valence-corrected chi connectivity index (χ3v) is 4.23. The number of hydrogen-bond acceptors (Lipinski definition) is 3. The Bertz CT molecular complexity index is 994. The molecule has 4 rings (SSSR count). The maximum absolute atomic E-state index is 5.91. The van der Waals surface area contributed by atoms with Crippen LogP contribution in [-0.2, 0) is 0 Å². The lowest BCUT2D eigenvalue weighted by Gasteiger charge is -2.06. The Kier molecular flexibility index (Phi) is 5.89. The van der Waals surface area contributed by atoms with E-state index in [1.165, 1.54) is 0 Å². The van der Waals surface area contributed by atoms with E-state index in [0.29, 0.717) is 0 Å². The van der Waals surface area contributed by atoms with Gasteiger partial charge in [0.05, 0.1) is 11.4 Å².